The van der Waals surface area contributed by atoms with Gasteiger partial charge in [-0.3, -0.25) is 4.98 Å². The van der Waals surface area contributed by atoms with Gasteiger partial charge in [-0.05, 0) is 50.2 Å². The number of nitrogens with zero attached hydrogens (tertiary/aromatic N) is 2. The molecule has 25 heavy (non-hydrogen) atoms. The molecule has 1 saturated heterocycles. The van der Waals surface area contributed by atoms with Crippen LogP contribution < -0.4 is 10.6 Å². The van der Waals surface area contributed by atoms with Crippen LogP contribution in [-0.4, -0.2) is 40.2 Å². The molecule has 0 unspecified atom stereocenters. The Balaban J connectivity index is 0.000000173. The van der Waals surface area contributed by atoms with Crippen molar-refractivity contribution in [1.82, 2.24) is 15.3 Å². The van der Waals surface area contributed by atoms with Crippen molar-refractivity contribution < 1.29 is 14.3 Å². The molecule has 7 nitrogen and oxygen atoms in total. The lowest BCUT2D eigenvalue weighted by atomic mass is 10.1. The zero-order chi connectivity index (χ0) is 17.5. The van der Waals surface area contributed by atoms with Crippen LogP contribution in [0.15, 0.2) is 53.2 Å². The first-order valence-electron chi connectivity index (χ1n) is 8.18. The molecule has 0 bridgehead atoms. The van der Waals surface area contributed by atoms with Gasteiger partial charge >= 0.3 is 5.97 Å². The lowest BCUT2D eigenvalue weighted by molar-refractivity contribution is 0.0696. The number of benzene rings is 1. The fourth-order valence-corrected chi connectivity index (χ4v) is 2.57. The minimum atomic E-state index is -0.919. The third kappa shape index (κ3) is 4.77. The van der Waals surface area contributed by atoms with Gasteiger partial charge in [0.1, 0.15) is 5.52 Å². The highest BCUT2D eigenvalue weighted by atomic mass is 16.4. The van der Waals surface area contributed by atoms with Crippen LogP contribution in [0.3, 0.4) is 0 Å². The molecule has 2 aromatic heterocycles. The van der Waals surface area contributed by atoms with Crippen molar-refractivity contribution in [3.05, 3.63) is 54.4 Å². The second-order valence-corrected chi connectivity index (χ2v) is 5.70. The molecular weight excluding hydrogens is 320 g/mol. The van der Waals surface area contributed by atoms with Gasteiger partial charge in [0, 0.05) is 18.4 Å². The first-order valence-corrected chi connectivity index (χ1v) is 8.18. The smallest absolute Gasteiger partial charge is 0.335 e. The summed E-state index contributed by atoms with van der Waals surface area (Å²) in [6.45, 7) is 2.13. The normalized spacial score (nSPS) is 14.6. The van der Waals surface area contributed by atoms with Crippen LogP contribution in [-0.2, 0) is 0 Å². The van der Waals surface area contributed by atoms with Gasteiger partial charge in [0.05, 0.1) is 5.56 Å². The van der Waals surface area contributed by atoms with E-state index in [2.05, 4.69) is 20.6 Å². The van der Waals surface area contributed by atoms with Crippen molar-refractivity contribution in [2.45, 2.75) is 18.9 Å². The molecule has 1 fully saturated rings. The summed E-state index contributed by atoms with van der Waals surface area (Å²) in [5.74, 6) is -0.919. The van der Waals surface area contributed by atoms with Crippen LogP contribution in [0.2, 0.25) is 0 Å². The first-order chi connectivity index (χ1) is 12.2. The SMILES string of the molecule is O=C(O)c1ccncc1.c1ccc2oc(NC3CCNCC3)nc2c1. The Hall–Kier alpha value is -2.93. The standard InChI is InChI=1S/C12H15N3O.C6H5NO2/c1-2-4-11-10(3-1)15-12(16-11)14-9-5-7-13-8-6-9;8-6(9)5-1-3-7-4-2-5/h1-4,9,13H,5-8H2,(H,14,15);1-4H,(H,8,9). The molecule has 3 heterocycles. The number of hydrogen-bond acceptors (Lipinski definition) is 6. The van der Waals surface area contributed by atoms with Crippen LogP contribution in [0.5, 0.6) is 0 Å². The van der Waals surface area contributed by atoms with Crippen LogP contribution in [0.4, 0.5) is 6.01 Å². The van der Waals surface area contributed by atoms with Crippen molar-refractivity contribution >= 4 is 23.1 Å². The molecule has 1 aliphatic heterocycles. The number of hydrogen-bond donors (Lipinski definition) is 3. The Bertz CT molecular complexity index is 780. The molecule has 0 radical (unpaired) electrons. The quantitative estimate of drug-likeness (QED) is 0.674. The molecule has 0 spiro atoms. The number of anilines is 1. The van der Waals surface area contributed by atoms with Crippen molar-refractivity contribution in [3.8, 4) is 0 Å². The second kappa shape index (κ2) is 8.25. The van der Waals surface area contributed by atoms with E-state index in [0.717, 1.165) is 37.0 Å². The highest BCUT2D eigenvalue weighted by Crippen LogP contribution is 2.20. The van der Waals surface area contributed by atoms with E-state index in [1.165, 1.54) is 24.5 Å². The van der Waals surface area contributed by atoms with Crippen LogP contribution in [0, 0.1) is 0 Å². The maximum Gasteiger partial charge on any atom is 0.335 e. The minimum Gasteiger partial charge on any atom is -0.478 e. The molecule has 1 aromatic carbocycles. The van der Waals surface area contributed by atoms with E-state index < -0.39 is 5.97 Å². The fraction of sp³-hybridized carbons (Fsp3) is 0.278. The molecular formula is C18H20N4O3. The number of oxazole rings is 1. The van der Waals surface area contributed by atoms with Crippen LogP contribution in [0.1, 0.15) is 23.2 Å². The Morgan fingerprint density at radius 3 is 2.52 bits per heavy atom. The number of carboxylic acid groups (broad SMARTS) is 1. The fourth-order valence-electron chi connectivity index (χ4n) is 2.57. The van der Waals surface area contributed by atoms with E-state index in [4.69, 9.17) is 9.52 Å². The molecule has 4 rings (SSSR count). The zero-order valence-electron chi connectivity index (χ0n) is 13.7. The van der Waals surface area contributed by atoms with Crippen molar-refractivity contribution in [3.63, 3.8) is 0 Å². The van der Waals surface area contributed by atoms with E-state index in [1.807, 2.05) is 24.3 Å². The Morgan fingerprint density at radius 2 is 1.88 bits per heavy atom. The van der Waals surface area contributed by atoms with Gasteiger partial charge in [0.15, 0.2) is 5.58 Å². The summed E-state index contributed by atoms with van der Waals surface area (Å²) in [5.41, 5.74) is 2.03. The maximum atomic E-state index is 10.2. The second-order valence-electron chi connectivity index (χ2n) is 5.70. The van der Waals surface area contributed by atoms with Gasteiger partial charge in [-0.25, -0.2) is 4.79 Å². The Labute approximate surface area is 145 Å². The third-order valence-corrected chi connectivity index (χ3v) is 3.89. The molecule has 0 aliphatic carbocycles. The summed E-state index contributed by atoms with van der Waals surface area (Å²) in [7, 11) is 0. The summed E-state index contributed by atoms with van der Waals surface area (Å²) < 4.78 is 5.63. The average Bonchev–Trinajstić information content (AvgIpc) is 3.06. The van der Waals surface area contributed by atoms with Crippen molar-refractivity contribution in [1.29, 1.82) is 0 Å². The van der Waals surface area contributed by atoms with Crippen LogP contribution in [0.25, 0.3) is 11.1 Å². The largest absolute Gasteiger partial charge is 0.478 e. The van der Waals surface area contributed by atoms with E-state index in [-0.39, 0.29) is 5.56 Å². The number of pyridine rings is 1. The van der Waals surface area contributed by atoms with Gasteiger partial charge in [-0.2, -0.15) is 4.98 Å². The monoisotopic (exact) mass is 340 g/mol. The van der Waals surface area contributed by atoms with E-state index >= 15 is 0 Å². The summed E-state index contributed by atoms with van der Waals surface area (Å²) >= 11 is 0. The molecule has 0 amide bonds. The molecule has 3 N–H and O–H groups in total. The Kier molecular flexibility index (Phi) is 5.58. The molecule has 7 heteroatoms. The molecule has 0 saturated carbocycles. The van der Waals surface area contributed by atoms with E-state index in [9.17, 15) is 4.79 Å². The summed E-state index contributed by atoms with van der Waals surface area (Å²) in [6, 6.07) is 11.9. The number of para-hydroxylation sites is 2. The number of nitrogens with one attached hydrogen (secondary N) is 2. The molecule has 130 valence electrons. The van der Waals surface area contributed by atoms with Gasteiger partial charge < -0.3 is 20.2 Å². The maximum absolute atomic E-state index is 10.2. The Morgan fingerprint density at radius 1 is 1.16 bits per heavy atom. The minimum absolute atomic E-state index is 0.269. The number of rotatable bonds is 3. The predicted molar refractivity (Wildman–Crippen MR) is 94.7 cm³/mol. The van der Waals surface area contributed by atoms with Crippen molar-refractivity contribution in [2.75, 3.05) is 18.4 Å². The van der Waals surface area contributed by atoms with Gasteiger partial charge in [0.25, 0.3) is 6.01 Å². The lowest BCUT2D eigenvalue weighted by Gasteiger charge is -2.22. The number of piperidine rings is 1. The molecule has 0 atom stereocenters. The number of aromatic nitrogens is 2. The van der Waals surface area contributed by atoms with Gasteiger partial charge in [0.2, 0.25) is 0 Å². The van der Waals surface area contributed by atoms with Gasteiger partial charge in [-0.15, -0.1) is 0 Å². The van der Waals surface area contributed by atoms with Crippen LogP contribution >= 0.6 is 0 Å². The van der Waals surface area contributed by atoms with E-state index in [1.54, 1.807) is 0 Å². The highest BCUT2D eigenvalue weighted by Gasteiger charge is 2.15. The summed E-state index contributed by atoms with van der Waals surface area (Å²) in [5, 5.41) is 15.0. The number of carbonyl (C=O) groups is 1. The van der Waals surface area contributed by atoms with Gasteiger partial charge in [-0.1, -0.05) is 12.1 Å². The molecule has 3 aromatic rings. The number of aromatic carboxylic acids is 1. The number of fused-ring (bicyclic) bond motifs is 1. The topological polar surface area (TPSA) is 100 Å². The number of carboxylic acids is 1. The predicted octanol–water partition coefficient (Wildman–Crippen LogP) is 2.77. The lowest BCUT2D eigenvalue weighted by Crippen LogP contribution is -2.35. The zero-order valence-corrected chi connectivity index (χ0v) is 13.7. The average molecular weight is 340 g/mol. The van der Waals surface area contributed by atoms with E-state index in [0.29, 0.717) is 12.1 Å². The highest BCUT2D eigenvalue weighted by molar-refractivity contribution is 5.87. The first kappa shape index (κ1) is 16.9. The summed E-state index contributed by atoms with van der Waals surface area (Å²) in [4.78, 5) is 18.2. The third-order valence-electron chi connectivity index (χ3n) is 3.89. The summed E-state index contributed by atoms with van der Waals surface area (Å²) in [6.07, 6.45) is 5.14. The van der Waals surface area contributed by atoms with Crippen molar-refractivity contribution in [2.24, 2.45) is 0 Å². The molecule has 1 aliphatic rings.